The highest BCUT2D eigenvalue weighted by Gasteiger charge is 2.29. The van der Waals surface area contributed by atoms with Crippen LogP contribution in [0.2, 0.25) is 0 Å². The van der Waals surface area contributed by atoms with E-state index in [9.17, 15) is 17.2 Å². The van der Waals surface area contributed by atoms with E-state index in [1.54, 1.807) is 30.5 Å². The molecule has 0 saturated carbocycles. The highest BCUT2D eigenvalue weighted by atomic mass is 32.2. The molecule has 2 heterocycles. The smallest absolute Gasteiger partial charge is 0.256 e. The van der Waals surface area contributed by atoms with Gasteiger partial charge in [0.2, 0.25) is 0 Å². The van der Waals surface area contributed by atoms with Crippen LogP contribution in [0.15, 0.2) is 83.9 Å². The first-order valence-electron chi connectivity index (χ1n) is 10.1. The number of nitrogens with zero attached hydrogens (tertiary/aromatic N) is 2. The molecule has 5 aromatic rings. The quantitative estimate of drug-likeness (QED) is 0.291. The van der Waals surface area contributed by atoms with E-state index in [0.717, 1.165) is 27.8 Å². The van der Waals surface area contributed by atoms with Gasteiger partial charge in [0.05, 0.1) is 17.0 Å². The largest absolute Gasteiger partial charge is 0.265 e. The highest BCUT2D eigenvalue weighted by Crippen LogP contribution is 2.41. The number of sulfonamides is 1. The van der Waals surface area contributed by atoms with Crippen LogP contribution in [-0.4, -0.2) is 13.4 Å². The monoisotopic (exact) mass is 480 g/mol. The predicted molar refractivity (Wildman–Crippen MR) is 128 cm³/mol. The summed E-state index contributed by atoms with van der Waals surface area (Å²) in [7, 11) is -4.04. The van der Waals surface area contributed by atoms with E-state index in [2.05, 4.69) is 4.98 Å². The fourth-order valence-electron chi connectivity index (χ4n) is 3.81. The number of halogens is 2. The Labute approximate surface area is 193 Å². The summed E-state index contributed by atoms with van der Waals surface area (Å²) in [5.74, 6) is -2.00. The molecule has 0 N–H and O–H groups in total. The maximum absolute atomic E-state index is 13.9. The third-order valence-corrected chi connectivity index (χ3v) is 8.67. The van der Waals surface area contributed by atoms with Crippen LogP contribution in [0.1, 0.15) is 11.1 Å². The van der Waals surface area contributed by atoms with Gasteiger partial charge in [-0.15, -0.1) is 11.3 Å². The third kappa shape index (κ3) is 3.85. The molecule has 4 nitrogen and oxygen atoms in total. The maximum Gasteiger partial charge on any atom is 0.265 e. The average molecular weight is 481 g/mol. The first-order valence-corrected chi connectivity index (χ1v) is 12.4. The summed E-state index contributed by atoms with van der Waals surface area (Å²) >= 11 is 1.35. The van der Waals surface area contributed by atoms with E-state index < -0.39 is 21.7 Å². The van der Waals surface area contributed by atoms with Gasteiger partial charge in [-0.25, -0.2) is 17.2 Å². The molecule has 0 saturated heterocycles. The number of rotatable bonds is 5. The van der Waals surface area contributed by atoms with Crippen LogP contribution in [0.5, 0.6) is 0 Å². The number of thiophene rings is 1. The van der Waals surface area contributed by atoms with Crippen molar-refractivity contribution in [2.24, 2.45) is 0 Å². The molecule has 0 aliphatic heterocycles. The highest BCUT2D eigenvalue weighted by molar-refractivity contribution is 7.93. The molecule has 166 valence electrons. The van der Waals surface area contributed by atoms with Crippen LogP contribution < -0.4 is 4.31 Å². The van der Waals surface area contributed by atoms with E-state index in [1.165, 1.54) is 27.8 Å². The zero-order chi connectivity index (χ0) is 23.2. The predicted octanol–water partition coefficient (Wildman–Crippen LogP) is 6.43. The molecule has 0 atom stereocenters. The number of aryl methyl sites for hydroxylation is 1. The number of aromatic nitrogens is 1. The molecule has 0 fully saturated rings. The lowest BCUT2D eigenvalue weighted by Gasteiger charge is -2.24. The number of anilines is 1. The Bertz CT molecular complexity index is 1610. The van der Waals surface area contributed by atoms with Gasteiger partial charge in [0.1, 0.15) is 5.00 Å². The van der Waals surface area contributed by atoms with Crippen molar-refractivity contribution >= 4 is 47.4 Å². The van der Waals surface area contributed by atoms with Crippen LogP contribution in [0.25, 0.3) is 21.0 Å². The maximum atomic E-state index is 13.9. The van der Waals surface area contributed by atoms with Gasteiger partial charge < -0.3 is 0 Å². The van der Waals surface area contributed by atoms with Crippen molar-refractivity contribution in [3.8, 4) is 0 Å². The van der Waals surface area contributed by atoms with E-state index in [1.807, 2.05) is 31.2 Å². The SMILES string of the molecule is Cc1c(N(Cc2ccc(F)c(F)c2)S(=O)(=O)c2ccc3ncccc3c2)sc2ccccc12. The van der Waals surface area contributed by atoms with Crippen molar-refractivity contribution in [3.05, 3.63) is 102 Å². The Morgan fingerprint density at radius 2 is 1.76 bits per heavy atom. The van der Waals surface area contributed by atoms with Crippen molar-refractivity contribution in [2.75, 3.05) is 4.31 Å². The fourth-order valence-corrected chi connectivity index (χ4v) is 6.78. The second kappa shape index (κ2) is 8.20. The lowest BCUT2D eigenvalue weighted by atomic mass is 10.2. The third-order valence-electron chi connectivity index (χ3n) is 5.52. The van der Waals surface area contributed by atoms with Gasteiger partial charge >= 0.3 is 0 Å². The molecule has 33 heavy (non-hydrogen) atoms. The molecule has 5 rings (SSSR count). The number of hydrogen-bond acceptors (Lipinski definition) is 4. The molecule has 0 spiro atoms. The Kier molecular flexibility index (Phi) is 5.34. The van der Waals surface area contributed by atoms with Gasteiger partial charge in [0.15, 0.2) is 11.6 Å². The van der Waals surface area contributed by atoms with Crippen molar-refractivity contribution in [1.82, 2.24) is 4.98 Å². The lowest BCUT2D eigenvalue weighted by molar-refractivity contribution is 0.507. The zero-order valence-corrected chi connectivity index (χ0v) is 19.1. The first-order chi connectivity index (χ1) is 15.8. The second-order valence-electron chi connectivity index (χ2n) is 7.65. The summed E-state index contributed by atoms with van der Waals surface area (Å²) < 4.78 is 57.5. The minimum Gasteiger partial charge on any atom is -0.256 e. The summed E-state index contributed by atoms with van der Waals surface area (Å²) in [5, 5.41) is 2.18. The van der Waals surface area contributed by atoms with E-state index in [0.29, 0.717) is 21.5 Å². The normalized spacial score (nSPS) is 11.8. The van der Waals surface area contributed by atoms with Crippen molar-refractivity contribution < 1.29 is 17.2 Å². The van der Waals surface area contributed by atoms with Gasteiger partial charge in [-0.05, 0) is 65.9 Å². The van der Waals surface area contributed by atoms with Crippen LogP contribution in [0, 0.1) is 18.6 Å². The van der Waals surface area contributed by atoms with E-state index in [4.69, 9.17) is 0 Å². The van der Waals surface area contributed by atoms with Crippen LogP contribution in [-0.2, 0) is 16.6 Å². The molecule has 0 amide bonds. The molecule has 0 aliphatic rings. The van der Waals surface area contributed by atoms with Gasteiger partial charge in [-0.1, -0.05) is 30.3 Å². The Morgan fingerprint density at radius 1 is 0.939 bits per heavy atom. The minimum atomic E-state index is -4.04. The zero-order valence-electron chi connectivity index (χ0n) is 17.5. The van der Waals surface area contributed by atoms with Gasteiger partial charge in [0, 0.05) is 16.3 Å². The molecular weight excluding hydrogens is 462 g/mol. The van der Waals surface area contributed by atoms with E-state index in [-0.39, 0.29) is 11.4 Å². The topological polar surface area (TPSA) is 50.3 Å². The summed E-state index contributed by atoms with van der Waals surface area (Å²) in [6, 6.07) is 19.4. The number of hydrogen-bond donors (Lipinski definition) is 0. The van der Waals surface area contributed by atoms with Gasteiger partial charge in [-0.3, -0.25) is 9.29 Å². The lowest BCUT2D eigenvalue weighted by Crippen LogP contribution is -2.30. The van der Waals surface area contributed by atoms with Crippen LogP contribution in [0.4, 0.5) is 13.8 Å². The van der Waals surface area contributed by atoms with Crippen LogP contribution in [0.3, 0.4) is 0 Å². The molecule has 2 aromatic heterocycles. The minimum absolute atomic E-state index is 0.0995. The van der Waals surface area contributed by atoms with Gasteiger partial charge in [0.25, 0.3) is 10.0 Å². The average Bonchev–Trinajstić information content (AvgIpc) is 3.15. The van der Waals surface area contributed by atoms with Gasteiger partial charge in [-0.2, -0.15) is 0 Å². The summed E-state index contributed by atoms with van der Waals surface area (Å²) in [6.45, 7) is 1.73. The summed E-state index contributed by atoms with van der Waals surface area (Å²) in [6.07, 6.45) is 1.65. The summed E-state index contributed by atoms with van der Waals surface area (Å²) in [5.41, 5.74) is 1.84. The Hall–Kier alpha value is -3.36. The second-order valence-corrected chi connectivity index (χ2v) is 10.5. The molecule has 0 radical (unpaired) electrons. The van der Waals surface area contributed by atoms with Crippen LogP contribution >= 0.6 is 11.3 Å². The standard InChI is InChI=1S/C25H18F2N2O2S2/c1-16-20-6-2-3-7-24(20)32-25(16)29(15-17-8-10-21(26)22(27)13-17)33(30,31)19-9-11-23-18(14-19)5-4-12-28-23/h2-14H,15H2,1H3. The fraction of sp³-hybridized carbons (Fsp3) is 0.0800. The number of pyridine rings is 1. The number of fused-ring (bicyclic) bond motifs is 2. The molecule has 3 aromatic carbocycles. The molecule has 0 unspecified atom stereocenters. The van der Waals surface area contributed by atoms with Crippen molar-refractivity contribution in [1.29, 1.82) is 0 Å². The van der Waals surface area contributed by atoms with Crippen molar-refractivity contribution in [2.45, 2.75) is 18.4 Å². The first kappa shape index (κ1) is 21.5. The summed E-state index contributed by atoms with van der Waals surface area (Å²) in [4.78, 5) is 4.35. The number of benzene rings is 3. The molecule has 8 heteroatoms. The Morgan fingerprint density at radius 3 is 2.55 bits per heavy atom. The molecule has 0 bridgehead atoms. The van der Waals surface area contributed by atoms with E-state index >= 15 is 0 Å². The molecular formula is C25H18F2N2O2S2. The Balaban J connectivity index is 1.69. The van der Waals surface area contributed by atoms with Crippen molar-refractivity contribution in [3.63, 3.8) is 0 Å². The molecule has 0 aliphatic carbocycles.